The van der Waals surface area contributed by atoms with Crippen LogP contribution in [0.5, 0.6) is 0 Å². The number of hydrogen-bond acceptors (Lipinski definition) is 5. The van der Waals surface area contributed by atoms with E-state index in [4.69, 9.17) is 9.72 Å². The third kappa shape index (κ3) is 4.38. The summed E-state index contributed by atoms with van der Waals surface area (Å²) in [6.07, 6.45) is 15.0. The van der Waals surface area contributed by atoms with E-state index in [1.807, 2.05) is 43.2 Å². The topological polar surface area (TPSA) is 69.9 Å². The minimum Gasteiger partial charge on any atom is -0.463 e. The summed E-state index contributed by atoms with van der Waals surface area (Å²) in [5.74, 6) is 0.0338. The summed E-state index contributed by atoms with van der Waals surface area (Å²) in [6, 6.07) is 2.14. The zero-order chi connectivity index (χ0) is 21.8. The van der Waals surface area contributed by atoms with Crippen LogP contribution in [0.1, 0.15) is 68.7 Å². The Labute approximate surface area is 183 Å². The average molecular weight is 419 g/mol. The molecule has 162 valence electrons. The number of ether oxygens (including phenoxy) is 1. The molecule has 0 spiro atoms. The summed E-state index contributed by atoms with van der Waals surface area (Å²) in [5.41, 5.74) is 6.08. The van der Waals surface area contributed by atoms with Crippen LogP contribution in [-0.4, -0.2) is 32.3 Å². The number of pyridine rings is 2. The molecule has 0 aromatic carbocycles. The van der Waals surface area contributed by atoms with Crippen LogP contribution >= 0.6 is 0 Å². The van der Waals surface area contributed by atoms with Gasteiger partial charge in [0, 0.05) is 53.0 Å². The second kappa shape index (κ2) is 9.41. The highest BCUT2D eigenvalue weighted by Gasteiger charge is 2.25. The molecule has 0 radical (unpaired) electrons. The van der Waals surface area contributed by atoms with Crippen LogP contribution in [-0.2, 0) is 16.1 Å². The van der Waals surface area contributed by atoms with Crippen molar-refractivity contribution < 1.29 is 9.53 Å². The highest BCUT2D eigenvalue weighted by molar-refractivity contribution is 5.99. The van der Waals surface area contributed by atoms with Gasteiger partial charge in [0.25, 0.3) is 0 Å². The number of esters is 1. The Kier molecular flexibility index (Phi) is 6.44. The molecule has 0 amide bonds. The number of carbonyl (C=O) groups excluding carboxylic acids is 1. The summed E-state index contributed by atoms with van der Waals surface area (Å²) < 4.78 is 7.10. The predicted molar refractivity (Wildman–Crippen MR) is 123 cm³/mol. The number of fused-ring (bicyclic) bond motifs is 1. The van der Waals surface area contributed by atoms with Gasteiger partial charge in [-0.3, -0.25) is 4.98 Å². The van der Waals surface area contributed by atoms with Crippen molar-refractivity contribution in [2.45, 2.75) is 65.3 Å². The fourth-order valence-electron chi connectivity index (χ4n) is 4.55. The summed E-state index contributed by atoms with van der Waals surface area (Å²) in [5, 5.41) is 5.58. The Balaban J connectivity index is 2.00. The van der Waals surface area contributed by atoms with Gasteiger partial charge in [0.1, 0.15) is 0 Å². The van der Waals surface area contributed by atoms with Crippen LogP contribution < -0.4 is 0 Å². The Morgan fingerprint density at radius 3 is 2.71 bits per heavy atom. The van der Waals surface area contributed by atoms with Crippen LogP contribution in [0.2, 0.25) is 0 Å². The molecule has 1 aliphatic carbocycles. The van der Waals surface area contributed by atoms with Crippen LogP contribution in [0.25, 0.3) is 28.2 Å². The molecule has 0 atom stereocenters. The van der Waals surface area contributed by atoms with Crippen LogP contribution in [0.15, 0.2) is 30.7 Å². The molecule has 0 bridgehead atoms. The molecular formula is C25H30N4O2. The summed E-state index contributed by atoms with van der Waals surface area (Å²) >= 11 is 0. The van der Waals surface area contributed by atoms with Gasteiger partial charge in [-0.25, -0.2) is 14.5 Å². The van der Waals surface area contributed by atoms with E-state index in [1.165, 1.54) is 25.3 Å². The van der Waals surface area contributed by atoms with Gasteiger partial charge in [-0.1, -0.05) is 19.3 Å². The largest absolute Gasteiger partial charge is 0.463 e. The van der Waals surface area contributed by atoms with Gasteiger partial charge in [-0.15, -0.1) is 0 Å². The van der Waals surface area contributed by atoms with Gasteiger partial charge in [-0.2, -0.15) is 5.10 Å². The normalized spacial score (nSPS) is 15.1. The Morgan fingerprint density at radius 2 is 2.00 bits per heavy atom. The molecule has 0 saturated heterocycles. The molecule has 1 fully saturated rings. The SMILES string of the molecule is CCOC(=O)C=Cc1c(C2CCCCC2)nc2c(cnn2CC)c1-c1cncc(C)c1. The van der Waals surface area contributed by atoms with E-state index in [2.05, 4.69) is 23.1 Å². The Morgan fingerprint density at radius 1 is 1.19 bits per heavy atom. The van der Waals surface area contributed by atoms with Gasteiger partial charge in [0.05, 0.1) is 18.5 Å². The van der Waals surface area contributed by atoms with Crippen molar-refractivity contribution in [1.29, 1.82) is 0 Å². The van der Waals surface area contributed by atoms with Gasteiger partial charge in [0.2, 0.25) is 0 Å². The van der Waals surface area contributed by atoms with E-state index in [0.29, 0.717) is 12.5 Å². The van der Waals surface area contributed by atoms with E-state index < -0.39 is 0 Å². The van der Waals surface area contributed by atoms with Crippen LogP contribution in [0.3, 0.4) is 0 Å². The minimum absolute atomic E-state index is 0.338. The first-order chi connectivity index (χ1) is 15.1. The molecule has 3 aromatic heterocycles. The molecule has 6 heteroatoms. The average Bonchev–Trinajstić information content (AvgIpc) is 3.20. The molecule has 0 aliphatic heterocycles. The lowest BCUT2D eigenvalue weighted by atomic mass is 9.82. The Hall–Kier alpha value is -3.02. The molecule has 0 unspecified atom stereocenters. The third-order valence-corrected chi connectivity index (χ3v) is 5.98. The first-order valence-corrected chi connectivity index (χ1v) is 11.3. The summed E-state index contributed by atoms with van der Waals surface area (Å²) in [6.45, 7) is 7.05. The van der Waals surface area contributed by atoms with E-state index in [0.717, 1.165) is 58.4 Å². The lowest BCUT2D eigenvalue weighted by Crippen LogP contribution is -2.11. The zero-order valence-electron chi connectivity index (χ0n) is 18.6. The Bertz CT molecular complexity index is 1110. The number of carbonyl (C=O) groups is 1. The van der Waals surface area contributed by atoms with Crippen LogP contribution in [0, 0.1) is 6.92 Å². The predicted octanol–water partition coefficient (Wildman–Crippen LogP) is 5.45. The minimum atomic E-state index is -0.338. The van der Waals surface area contributed by atoms with Crippen molar-refractivity contribution in [3.8, 4) is 11.1 Å². The number of nitrogens with zero attached hydrogens (tertiary/aromatic N) is 4. The van der Waals surface area contributed by atoms with Crippen molar-refractivity contribution in [3.05, 3.63) is 47.6 Å². The maximum atomic E-state index is 12.2. The molecular weight excluding hydrogens is 388 g/mol. The summed E-state index contributed by atoms with van der Waals surface area (Å²) in [7, 11) is 0. The number of aryl methyl sites for hydroxylation is 2. The second-order valence-corrected chi connectivity index (χ2v) is 8.15. The van der Waals surface area contributed by atoms with Gasteiger partial charge >= 0.3 is 5.97 Å². The van der Waals surface area contributed by atoms with E-state index in [9.17, 15) is 4.79 Å². The van der Waals surface area contributed by atoms with Gasteiger partial charge in [0.15, 0.2) is 5.65 Å². The second-order valence-electron chi connectivity index (χ2n) is 8.15. The standard InChI is InChI=1S/C25H30N4O2/c1-4-29-25-21(16-27-29)23(19-13-17(3)14-26-15-19)20(11-12-22(30)31-5-2)24(28-25)18-9-7-6-8-10-18/h11-16,18H,4-10H2,1-3H3. The number of aromatic nitrogens is 4. The molecule has 1 saturated carbocycles. The van der Waals surface area contributed by atoms with Crippen molar-refractivity contribution in [2.24, 2.45) is 0 Å². The molecule has 6 nitrogen and oxygen atoms in total. The van der Waals surface area contributed by atoms with Gasteiger partial charge < -0.3 is 4.74 Å². The van der Waals surface area contributed by atoms with Crippen molar-refractivity contribution >= 4 is 23.1 Å². The monoisotopic (exact) mass is 418 g/mol. The maximum Gasteiger partial charge on any atom is 0.330 e. The molecule has 31 heavy (non-hydrogen) atoms. The number of hydrogen-bond donors (Lipinski definition) is 0. The van der Waals surface area contributed by atoms with Crippen molar-refractivity contribution in [2.75, 3.05) is 6.61 Å². The molecule has 1 aliphatic rings. The first-order valence-electron chi connectivity index (χ1n) is 11.3. The van der Waals surface area contributed by atoms with E-state index in [1.54, 1.807) is 0 Å². The zero-order valence-corrected chi connectivity index (χ0v) is 18.6. The highest BCUT2D eigenvalue weighted by Crippen LogP contribution is 2.40. The molecule has 3 heterocycles. The smallest absolute Gasteiger partial charge is 0.330 e. The fraction of sp³-hybridized carbons (Fsp3) is 0.440. The van der Waals surface area contributed by atoms with E-state index >= 15 is 0 Å². The molecule has 4 rings (SSSR count). The maximum absolute atomic E-state index is 12.2. The molecule has 0 N–H and O–H groups in total. The number of rotatable bonds is 6. The van der Waals surface area contributed by atoms with E-state index in [-0.39, 0.29) is 5.97 Å². The van der Waals surface area contributed by atoms with Gasteiger partial charge in [-0.05, 0) is 51.3 Å². The van der Waals surface area contributed by atoms with Crippen molar-refractivity contribution in [1.82, 2.24) is 19.7 Å². The highest BCUT2D eigenvalue weighted by atomic mass is 16.5. The fourth-order valence-corrected chi connectivity index (χ4v) is 4.55. The third-order valence-electron chi connectivity index (χ3n) is 5.98. The quantitative estimate of drug-likeness (QED) is 0.393. The first kappa shape index (κ1) is 21.2. The van der Waals surface area contributed by atoms with Crippen LogP contribution in [0.4, 0.5) is 0 Å². The van der Waals surface area contributed by atoms with Crippen molar-refractivity contribution in [3.63, 3.8) is 0 Å². The lowest BCUT2D eigenvalue weighted by molar-refractivity contribution is -0.137. The summed E-state index contributed by atoms with van der Waals surface area (Å²) in [4.78, 5) is 21.7. The molecule has 3 aromatic rings. The lowest BCUT2D eigenvalue weighted by Gasteiger charge is -2.24.